The maximum Gasteiger partial charge on any atom is 0.197 e. The van der Waals surface area contributed by atoms with Crippen molar-refractivity contribution < 1.29 is 4.42 Å². The zero-order valence-electron chi connectivity index (χ0n) is 8.59. The van der Waals surface area contributed by atoms with Crippen LogP contribution in [0.25, 0.3) is 12.2 Å². The summed E-state index contributed by atoms with van der Waals surface area (Å²) < 4.78 is 5.38. The minimum atomic E-state index is 0.553. The lowest BCUT2D eigenvalue weighted by Crippen LogP contribution is -1.81. The molecule has 0 spiro atoms. The van der Waals surface area contributed by atoms with Gasteiger partial charge in [-0.25, -0.2) is 9.97 Å². The van der Waals surface area contributed by atoms with E-state index >= 15 is 0 Å². The number of hydrogen-bond acceptors (Lipinski definition) is 5. The number of anilines is 1. The predicted octanol–water partition coefficient (Wildman–Crippen LogP) is 2.76. The molecule has 2 aromatic heterocycles. The van der Waals surface area contributed by atoms with Crippen molar-refractivity contribution in [3.63, 3.8) is 0 Å². The fraction of sp³-hybridized carbons (Fsp3) is 0.273. The van der Waals surface area contributed by atoms with E-state index in [0.717, 1.165) is 17.3 Å². The van der Waals surface area contributed by atoms with Gasteiger partial charge in [-0.1, -0.05) is 0 Å². The van der Waals surface area contributed by atoms with E-state index in [1.165, 1.54) is 24.2 Å². The third kappa shape index (κ3) is 1.99. The highest BCUT2D eigenvalue weighted by molar-refractivity contribution is 7.13. The first-order valence-electron chi connectivity index (χ1n) is 5.16. The van der Waals surface area contributed by atoms with Gasteiger partial charge in [-0.15, -0.1) is 11.3 Å². The van der Waals surface area contributed by atoms with Crippen molar-refractivity contribution in [2.45, 2.75) is 18.8 Å². The molecule has 2 heterocycles. The Kier molecular flexibility index (Phi) is 2.25. The lowest BCUT2D eigenvalue weighted by Gasteiger charge is -1.83. The number of rotatable bonds is 3. The van der Waals surface area contributed by atoms with Crippen LogP contribution in [-0.2, 0) is 0 Å². The molecular formula is C11H11N3OS. The average Bonchev–Trinajstić information content (AvgIpc) is 2.87. The van der Waals surface area contributed by atoms with Crippen molar-refractivity contribution >= 4 is 28.6 Å². The quantitative estimate of drug-likeness (QED) is 0.885. The maximum absolute atomic E-state index is 5.54. The summed E-state index contributed by atoms with van der Waals surface area (Å²) in [6.07, 6.45) is 7.86. The first-order valence-corrected chi connectivity index (χ1v) is 6.04. The van der Waals surface area contributed by atoms with Crippen molar-refractivity contribution in [2.75, 3.05) is 5.73 Å². The Morgan fingerprint density at radius 1 is 1.31 bits per heavy atom. The van der Waals surface area contributed by atoms with Crippen molar-refractivity contribution in [1.82, 2.24) is 9.97 Å². The first kappa shape index (κ1) is 9.59. The Morgan fingerprint density at radius 2 is 2.12 bits per heavy atom. The molecule has 16 heavy (non-hydrogen) atoms. The van der Waals surface area contributed by atoms with Gasteiger partial charge < -0.3 is 10.2 Å². The Hall–Kier alpha value is -1.62. The summed E-state index contributed by atoms with van der Waals surface area (Å²) in [7, 11) is 0. The molecule has 0 aromatic carbocycles. The molecule has 1 fully saturated rings. The van der Waals surface area contributed by atoms with Crippen molar-refractivity contribution in [1.29, 1.82) is 0 Å². The zero-order chi connectivity index (χ0) is 11.0. The third-order valence-corrected chi connectivity index (χ3v) is 3.12. The number of nitrogens with two attached hydrogens (primary N) is 1. The second-order valence-electron chi connectivity index (χ2n) is 3.83. The Labute approximate surface area is 96.8 Å². The van der Waals surface area contributed by atoms with Crippen LogP contribution in [0.3, 0.4) is 0 Å². The van der Waals surface area contributed by atoms with Gasteiger partial charge in [0.25, 0.3) is 0 Å². The van der Waals surface area contributed by atoms with Crippen LogP contribution >= 0.6 is 11.3 Å². The van der Waals surface area contributed by atoms with E-state index in [0.29, 0.717) is 11.0 Å². The van der Waals surface area contributed by atoms with Gasteiger partial charge in [0.1, 0.15) is 12.0 Å². The van der Waals surface area contributed by atoms with Crippen LogP contribution in [-0.4, -0.2) is 9.97 Å². The van der Waals surface area contributed by atoms with E-state index in [-0.39, 0.29) is 0 Å². The molecule has 0 radical (unpaired) electrons. The van der Waals surface area contributed by atoms with Gasteiger partial charge in [0.05, 0.1) is 5.69 Å². The van der Waals surface area contributed by atoms with Crippen molar-refractivity contribution in [3.8, 4) is 0 Å². The molecule has 1 aliphatic carbocycles. The highest BCUT2D eigenvalue weighted by Gasteiger charge is 2.28. The molecule has 2 aromatic rings. The number of nitrogens with zero attached hydrogens (tertiary/aromatic N) is 2. The molecule has 0 unspecified atom stereocenters. The number of aromatic nitrogens is 2. The molecule has 82 valence electrons. The van der Waals surface area contributed by atoms with Crippen LogP contribution in [0.5, 0.6) is 0 Å². The standard InChI is InChI=1S/C11H11N3OS/c12-11-14-9(6-16-11)4-3-8-5-15-10(13-8)7-1-2-7/h3-7H,1-2H2,(H2,12,14)/b4-3+. The summed E-state index contributed by atoms with van der Waals surface area (Å²) in [5, 5.41) is 2.49. The number of hydrogen-bond donors (Lipinski definition) is 1. The largest absolute Gasteiger partial charge is 0.448 e. The van der Waals surface area contributed by atoms with Crippen LogP contribution < -0.4 is 5.73 Å². The molecule has 4 nitrogen and oxygen atoms in total. The van der Waals surface area contributed by atoms with Crippen LogP contribution in [0.1, 0.15) is 36.0 Å². The predicted molar refractivity (Wildman–Crippen MR) is 63.9 cm³/mol. The van der Waals surface area contributed by atoms with Gasteiger partial charge in [0, 0.05) is 11.3 Å². The average molecular weight is 233 g/mol. The normalized spacial score (nSPS) is 16.0. The van der Waals surface area contributed by atoms with Crippen LogP contribution in [0, 0.1) is 0 Å². The third-order valence-electron chi connectivity index (χ3n) is 2.43. The van der Waals surface area contributed by atoms with E-state index < -0.39 is 0 Å². The lowest BCUT2D eigenvalue weighted by molar-refractivity contribution is 0.497. The second-order valence-corrected chi connectivity index (χ2v) is 4.72. The van der Waals surface area contributed by atoms with Gasteiger partial charge in [0.2, 0.25) is 0 Å². The van der Waals surface area contributed by atoms with E-state index in [1.54, 1.807) is 6.26 Å². The monoisotopic (exact) mass is 233 g/mol. The van der Waals surface area contributed by atoms with Crippen molar-refractivity contribution in [2.24, 2.45) is 0 Å². The topological polar surface area (TPSA) is 64.9 Å². The van der Waals surface area contributed by atoms with Gasteiger partial charge in [0.15, 0.2) is 11.0 Å². The highest BCUT2D eigenvalue weighted by atomic mass is 32.1. The fourth-order valence-corrected chi connectivity index (χ4v) is 1.97. The molecule has 1 saturated carbocycles. The van der Waals surface area contributed by atoms with E-state index in [4.69, 9.17) is 10.2 Å². The summed E-state index contributed by atoms with van der Waals surface area (Å²) in [5.41, 5.74) is 7.24. The molecule has 0 saturated heterocycles. The summed E-state index contributed by atoms with van der Waals surface area (Å²) in [6, 6.07) is 0. The smallest absolute Gasteiger partial charge is 0.197 e. The zero-order valence-corrected chi connectivity index (χ0v) is 9.41. The van der Waals surface area contributed by atoms with E-state index in [9.17, 15) is 0 Å². The Morgan fingerprint density at radius 3 is 2.81 bits per heavy atom. The number of nitrogen functional groups attached to an aromatic ring is 1. The lowest BCUT2D eigenvalue weighted by atomic mass is 10.3. The van der Waals surface area contributed by atoms with Gasteiger partial charge >= 0.3 is 0 Å². The van der Waals surface area contributed by atoms with Crippen LogP contribution in [0.15, 0.2) is 16.1 Å². The van der Waals surface area contributed by atoms with Gasteiger partial charge in [-0.3, -0.25) is 0 Å². The van der Waals surface area contributed by atoms with Crippen LogP contribution in [0.4, 0.5) is 5.13 Å². The molecule has 0 aliphatic heterocycles. The van der Waals surface area contributed by atoms with Gasteiger partial charge in [-0.05, 0) is 25.0 Å². The minimum absolute atomic E-state index is 0.553. The second kappa shape index (κ2) is 3.75. The molecule has 0 bridgehead atoms. The van der Waals surface area contributed by atoms with E-state index in [2.05, 4.69) is 9.97 Å². The molecule has 0 amide bonds. The molecule has 2 N–H and O–H groups in total. The summed E-state index contributed by atoms with van der Waals surface area (Å²) in [5.74, 6) is 1.41. The molecule has 5 heteroatoms. The summed E-state index contributed by atoms with van der Waals surface area (Å²) in [4.78, 5) is 8.52. The van der Waals surface area contributed by atoms with Gasteiger partial charge in [-0.2, -0.15) is 0 Å². The Balaban J connectivity index is 1.74. The summed E-state index contributed by atoms with van der Waals surface area (Å²) in [6.45, 7) is 0. The van der Waals surface area contributed by atoms with Crippen LogP contribution in [0.2, 0.25) is 0 Å². The van der Waals surface area contributed by atoms with E-state index in [1.807, 2.05) is 17.5 Å². The fourth-order valence-electron chi connectivity index (χ4n) is 1.44. The molecular weight excluding hydrogens is 222 g/mol. The Bertz CT molecular complexity index is 525. The molecule has 3 rings (SSSR count). The highest BCUT2D eigenvalue weighted by Crippen LogP contribution is 2.39. The SMILES string of the molecule is Nc1nc(/C=C/c2coc(C3CC3)n2)cs1. The summed E-state index contributed by atoms with van der Waals surface area (Å²) >= 11 is 1.43. The van der Waals surface area contributed by atoms with Crippen molar-refractivity contribution in [3.05, 3.63) is 28.9 Å². The molecule has 0 atom stereocenters. The number of oxazole rings is 1. The molecule has 1 aliphatic rings. The first-order chi connectivity index (χ1) is 7.81. The maximum atomic E-state index is 5.54. The number of thiazole rings is 1. The minimum Gasteiger partial charge on any atom is -0.448 e.